The second-order valence-electron chi connectivity index (χ2n) is 4.83. The lowest BCUT2D eigenvalue weighted by Gasteiger charge is -2.26. The fourth-order valence-corrected chi connectivity index (χ4v) is 5.08. The van der Waals surface area contributed by atoms with Crippen molar-refractivity contribution in [1.82, 2.24) is 4.31 Å². The summed E-state index contributed by atoms with van der Waals surface area (Å²) >= 11 is 0. The van der Waals surface area contributed by atoms with E-state index >= 15 is 0 Å². The minimum atomic E-state index is -3.48. The Morgan fingerprint density at radius 2 is 1.75 bits per heavy atom. The minimum Gasteiger partial charge on any atom is -0.326 e. The highest BCUT2D eigenvalue weighted by Gasteiger charge is 2.29. The van der Waals surface area contributed by atoms with Crippen LogP contribution in [0.15, 0.2) is 24.3 Å². The van der Waals surface area contributed by atoms with Crippen LogP contribution in [0.1, 0.15) is 11.1 Å². The molecule has 1 aliphatic rings. The highest BCUT2D eigenvalue weighted by atomic mass is 32.2. The zero-order chi connectivity index (χ0) is 14.8. The normalized spacial score (nSPS) is 19.9. The SMILES string of the molecule is NCc1cccc(CS(=O)(=O)N2CCS(=O)(=O)CC2)c1. The fourth-order valence-electron chi connectivity index (χ4n) is 2.12. The van der Waals surface area contributed by atoms with Crippen LogP contribution in [0.5, 0.6) is 0 Å². The standard InChI is InChI=1S/C12H18N2O4S2/c13-9-11-2-1-3-12(8-11)10-20(17,18)14-4-6-19(15,16)7-5-14/h1-3,8H,4-7,9-10,13H2. The van der Waals surface area contributed by atoms with Gasteiger partial charge in [0.15, 0.2) is 9.84 Å². The molecule has 8 heteroatoms. The molecule has 6 nitrogen and oxygen atoms in total. The van der Waals surface area contributed by atoms with Crippen molar-refractivity contribution in [2.45, 2.75) is 12.3 Å². The largest absolute Gasteiger partial charge is 0.326 e. The maximum Gasteiger partial charge on any atom is 0.218 e. The molecule has 112 valence electrons. The van der Waals surface area contributed by atoms with E-state index in [4.69, 9.17) is 5.73 Å². The summed E-state index contributed by atoms with van der Waals surface area (Å²) in [6, 6.07) is 7.10. The average molecular weight is 318 g/mol. The van der Waals surface area contributed by atoms with Crippen molar-refractivity contribution in [3.05, 3.63) is 35.4 Å². The zero-order valence-electron chi connectivity index (χ0n) is 11.0. The Balaban J connectivity index is 2.11. The summed E-state index contributed by atoms with van der Waals surface area (Å²) in [6.45, 7) is 0.443. The lowest BCUT2D eigenvalue weighted by molar-refractivity contribution is 0.430. The van der Waals surface area contributed by atoms with E-state index in [0.29, 0.717) is 12.1 Å². The van der Waals surface area contributed by atoms with Gasteiger partial charge in [-0.05, 0) is 11.1 Å². The minimum absolute atomic E-state index is 0.0429. The maximum absolute atomic E-state index is 12.3. The van der Waals surface area contributed by atoms with Gasteiger partial charge in [-0.3, -0.25) is 0 Å². The molecule has 1 aromatic carbocycles. The van der Waals surface area contributed by atoms with Crippen molar-refractivity contribution in [3.63, 3.8) is 0 Å². The molecule has 0 spiro atoms. The summed E-state index contributed by atoms with van der Waals surface area (Å²) in [5.74, 6) is -0.328. The summed E-state index contributed by atoms with van der Waals surface area (Å²) in [5.41, 5.74) is 7.07. The number of benzene rings is 1. The quantitative estimate of drug-likeness (QED) is 0.822. The van der Waals surface area contributed by atoms with E-state index in [2.05, 4.69) is 0 Å². The molecule has 1 aliphatic heterocycles. The lowest BCUT2D eigenvalue weighted by Crippen LogP contribution is -2.44. The van der Waals surface area contributed by atoms with Gasteiger partial charge in [0, 0.05) is 19.6 Å². The molecule has 2 N–H and O–H groups in total. The van der Waals surface area contributed by atoms with Gasteiger partial charge in [-0.1, -0.05) is 24.3 Å². The summed E-state index contributed by atoms with van der Waals surface area (Å²) in [5, 5.41) is 0. The van der Waals surface area contributed by atoms with E-state index in [1.807, 2.05) is 6.07 Å². The molecule has 1 aromatic rings. The van der Waals surface area contributed by atoms with Crippen molar-refractivity contribution in [3.8, 4) is 0 Å². The topological polar surface area (TPSA) is 97.5 Å². The Morgan fingerprint density at radius 3 is 2.35 bits per heavy atom. The monoisotopic (exact) mass is 318 g/mol. The maximum atomic E-state index is 12.3. The average Bonchev–Trinajstić information content (AvgIpc) is 2.38. The van der Waals surface area contributed by atoms with E-state index in [9.17, 15) is 16.8 Å². The highest BCUT2D eigenvalue weighted by molar-refractivity contribution is 7.92. The summed E-state index contributed by atoms with van der Waals surface area (Å²) in [7, 11) is -6.57. The lowest BCUT2D eigenvalue weighted by atomic mass is 10.1. The molecule has 20 heavy (non-hydrogen) atoms. The summed E-state index contributed by atoms with van der Waals surface area (Å²) < 4.78 is 48.4. The molecule has 0 bridgehead atoms. The van der Waals surface area contributed by atoms with Gasteiger partial charge >= 0.3 is 0 Å². The Hall–Kier alpha value is -0.960. The van der Waals surface area contributed by atoms with Crippen molar-refractivity contribution in [2.24, 2.45) is 5.73 Å². The van der Waals surface area contributed by atoms with Gasteiger partial charge in [0.25, 0.3) is 0 Å². The van der Waals surface area contributed by atoms with Crippen molar-refractivity contribution >= 4 is 19.9 Å². The van der Waals surface area contributed by atoms with E-state index in [1.54, 1.807) is 18.2 Å². The third-order valence-corrected chi connectivity index (χ3v) is 6.73. The van der Waals surface area contributed by atoms with Gasteiger partial charge in [0.05, 0.1) is 17.3 Å². The second-order valence-corrected chi connectivity index (χ2v) is 9.10. The number of nitrogens with zero attached hydrogens (tertiary/aromatic N) is 1. The number of rotatable bonds is 4. The molecule has 1 fully saturated rings. The van der Waals surface area contributed by atoms with Crippen LogP contribution < -0.4 is 5.73 Å². The molecule has 0 aliphatic carbocycles. The molecule has 1 saturated heterocycles. The van der Waals surface area contributed by atoms with Gasteiger partial charge in [-0.15, -0.1) is 0 Å². The molecule has 0 radical (unpaired) electrons. The van der Waals surface area contributed by atoms with Crippen LogP contribution in [0.4, 0.5) is 0 Å². The molecule has 0 saturated carbocycles. The predicted octanol–water partition coefficient (Wildman–Crippen LogP) is -0.294. The van der Waals surface area contributed by atoms with Gasteiger partial charge < -0.3 is 5.73 Å². The first-order valence-corrected chi connectivity index (χ1v) is 9.71. The molecular formula is C12H18N2O4S2. The van der Waals surface area contributed by atoms with Crippen LogP contribution in [-0.4, -0.2) is 45.7 Å². The van der Waals surface area contributed by atoms with Crippen LogP contribution in [0.3, 0.4) is 0 Å². The summed E-state index contributed by atoms with van der Waals surface area (Å²) in [4.78, 5) is 0. The third-order valence-electron chi connectivity index (χ3n) is 3.27. The number of sulfonamides is 1. The first-order valence-electron chi connectivity index (χ1n) is 6.28. The van der Waals surface area contributed by atoms with E-state index in [-0.39, 0.29) is 30.3 Å². The van der Waals surface area contributed by atoms with Crippen molar-refractivity contribution in [1.29, 1.82) is 0 Å². The predicted molar refractivity (Wildman–Crippen MR) is 77.2 cm³/mol. The number of hydrogen-bond acceptors (Lipinski definition) is 5. The second kappa shape index (κ2) is 5.80. The fraction of sp³-hybridized carbons (Fsp3) is 0.500. The van der Waals surface area contributed by atoms with Crippen LogP contribution in [0.25, 0.3) is 0 Å². The molecule has 2 rings (SSSR count). The van der Waals surface area contributed by atoms with Crippen LogP contribution in [0.2, 0.25) is 0 Å². The summed E-state index contributed by atoms with van der Waals surface area (Å²) in [6.07, 6.45) is 0. The molecule has 1 heterocycles. The Morgan fingerprint density at radius 1 is 1.15 bits per heavy atom. The van der Waals surface area contributed by atoms with Gasteiger partial charge in [-0.2, -0.15) is 4.31 Å². The number of sulfone groups is 1. The van der Waals surface area contributed by atoms with E-state index in [1.165, 1.54) is 4.31 Å². The molecule has 0 atom stereocenters. The van der Waals surface area contributed by atoms with Crippen LogP contribution in [-0.2, 0) is 32.2 Å². The number of nitrogens with two attached hydrogens (primary N) is 1. The first-order chi connectivity index (χ1) is 9.32. The number of hydrogen-bond donors (Lipinski definition) is 1. The highest BCUT2D eigenvalue weighted by Crippen LogP contribution is 2.15. The van der Waals surface area contributed by atoms with Crippen LogP contribution >= 0.6 is 0 Å². The van der Waals surface area contributed by atoms with Crippen molar-refractivity contribution in [2.75, 3.05) is 24.6 Å². The first kappa shape index (κ1) is 15.4. The molecule has 0 aromatic heterocycles. The Labute approximate surface area is 119 Å². The molecular weight excluding hydrogens is 300 g/mol. The third kappa shape index (κ3) is 3.78. The van der Waals surface area contributed by atoms with E-state index < -0.39 is 19.9 Å². The smallest absolute Gasteiger partial charge is 0.218 e. The Bertz CT molecular complexity index is 669. The molecule has 0 amide bonds. The Kier molecular flexibility index (Phi) is 4.48. The van der Waals surface area contributed by atoms with Gasteiger partial charge in [0.1, 0.15) is 0 Å². The van der Waals surface area contributed by atoms with Gasteiger partial charge in [0.2, 0.25) is 10.0 Å². The van der Waals surface area contributed by atoms with Crippen molar-refractivity contribution < 1.29 is 16.8 Å². The van der Waals surface area contributed by atoms with Crippen LogP contribution in [0, 0.1) is 0 Å². The van der Waals surface area contributed by atoms with E-state index in [0.717, 1.165) is 5.56 Å². The zero-order valence-corrected chi connectivity index (χ0v) is 12.7. The van der Waals surface area contributed by atoms with Gasteiger partial charge in [-0.25, -0.2) is 16.8 Å². The molecule has 0 unspecified atom stereocenters.